The summed E-state index contributed by atoms with van der Waals surface area (Å²) in [5.41, 5.74) is 3.15. The first-order valence-electron chi connectivity index (χ1n) is 6.23. The normalized spacial score (nSPS) is 10.2. The van der Waals surface area contributed by atoms with E-state index in [-0.39, 0.29) is 5.91 Å². The van der Waals surface area contributed by atoms with Gasteiger partial charge in [0.05, 0.1) is 12.8 Å². The molecule has 2 aromatic carbocycles. The highest BCUT2D eigenvalue weighted by atomic mass is 35.5. The Bertz CT molecular complexity index is 653. The first-order chi connectivity index (χ1) is 9.51. The van der Waals surface area contributed by atoms with Crippen LogP contribution >= 0.6 is 11.6 Å². The molecular weight excluding hydrogens is 274 g/mol. The number of carbonyl (C=O) groups is 1. The molecule has 0 unspecified atom stereocenters. The maximum Gasteiger partial charge on any atom is 0.255 e. The van der Waals surface area contributed by atoms with Gasteiger partial charge in [0.15, 0.2) is 0 Å². The Morgan fingerprint density at radius 3 is 2.55 bits per heavy atom. The number of benzene rings is 2. The highest BCUT2D eigenvalue weighted by Crippen LogP contribution is 2.26. The predicted molar refractivity (Wildman–Crippen MR) is 81.9 cm³/mol. The molecule has 0 saturated carbocycles. The van der Waals surface area contributed by atoms with Crippen molar-refractivity contribution in [2.24, 2.45) is 0 Å². The number of ether oxygens (including phenoxy) is 1. The van der Waals surface area contributed by atoms with Crippen molar-refractivity contribution in [1.82, 2.24) is 0 Å². The van der Waals surface area contributed by atoms with Crippen LogP contribution < -0.4 is 10.1 Å². The van der Waals surface area contributed by atoms with Crippen LogP contribution in [0.4, 0.5) is 5.69 Å². The number of amides is 1. The molecule has 4 heteroatoms. The van der Waals surface area contributed by atoms with Gasteiger partial charge < -0.3 is 10.1 Å². The number of hydrogen-bond acceptors (Lipinski definition) is 2. The van der Waals surface area contributed by atoms with Gasteiger partial charge in [-0.25, -0.2) is 0 Å². The second-order valence-corrected chi connectivity index (χ2v) is 5.03. The van der Waals surface area contributed by atoms with Gasteiger partial charge in [-0.3, -0.25) is 4.79 Å². The fraction of sp³-hybridized carbons (Fsp3) is 0.188. The van der Waals surface area contributed by atoms with Crippen LogP contribution in [0.5, 0.6) is 5.75 Å². The average Bonchev–Trinajstić information content (AvgIpc) is 2.42. The number of nitrogens with one attached hydrogen (secondary N) is 1. The molecule has 0 spiro atoms. The third-order valence-electron chi connectivity index (χ3n) is 3.04. The van der Waals surface area contributed by atoms with Crippen LogP contribution in [0.1, 0.15) is 21.5 Å². The van der Waals surface area contributed by atoms with Crippen LogP contribution in [0.2, 0.25) is 5.02 Å². The Morgan fingerprint density at radius 2 is 1.90 bits per heavy atom. The van der Waals surface area contributed by atoms with Gasteiger partial charge in [0.25, 0.3) is 5.91 Å². The number of anilines is 1. The van der Waals surface area contributed by atoms with Gasteiger partial charge in [0, 0.05) is 10.6 Å². The third-order valence-corrected chi connectivity index (χ3v) is 3.44. The van der Waals surface area contributed by atoms with Crippen molar-refractivity contribution in [3.63, 3.8) is 0 Å². The summed E-state index contributed by atoms with van der Waals surface area (Å²) in [6.45, 7) is 3.85. The lowest BCUT2D eigenvalue weighted by Crippen LogP contribution is -2.12. The van der Waals surface area contributed by atoms with Crippen molar-refractivity contribution in [3.05, 3.63) is 58.1 Å². The highest BCUT2D eigenvalue weighted by molar-refractivity contribution is 6.31. The summed E-state index contributed by atoms with van der Waals surface area (Å²) in [6.07, 6.45) is 0. The van der Waals surface area contributed by atoms with Crippen molar-refractivity contribution < 1.29 is 9.53 Å². The summed E-state index contributed by atoms with van der Waals surface area (Å²) < 4.78 is 5.24. The van der Waals surface area contributed by atoms with Crippen LogP contribution in [0.3, 0.4) is 0 Å². The zero-order valence-electron chi connectivity index (χ0n) is 11.7. The molecule has 0 saturated heterocycles. The Morgan fingerprint density at radius 1 is 1.15 bits per heavy atom. The Hall–Kier alpha value is -2.00. The molecule has 0 atom stereocenters. The van der Waals surface area contributed by atoms with E-state index in [0.29, 0.717) is 22.0 Å². The zero-order chi connectivity index (χ0) is 14.7. The lowest BCUT2D eigenvalue weighted by atomic mass is 10.1. The Balaban J connectivity index is 2.27. The van der Waals surface area contributed by atoms with E-state index in [1.54, 1.807) is 19.2 Å². The molecule has 0 aliphatic rings. The Kier molecular flexibility index (Phi) is 4.30. The highest BCUT2D eigenvalue weighted by Gasteiger charge is 2.11. The summed E-state index contributed by atoms with van der Waals surface area (Å²) in [5.74, 6) is 0.415. The molecule has 0 aromatic heterocycles. The third kappa shape index (κ3) is 3.11. The summed E-state index contributed by atoms with van der Waals surface area (Å²) in [6, 6.07) is 10.9. The van der Waals surface area contributed by atoms with E-state index in [9.17, 15) is 4.79 Å². The number of halogens is 1. The minimum atomic E-state index is -0.212. The molecule has 1 amide bonds. The second-order valence-electron chi connectivity index (χ2n) is 4.62. The maximum atomic E-state index is 12.2. The van der Waals surface area contributed by atoms with Crippen LogP contribution in [-0.4, -0.2) is 13.0 Å². The van der Waals surface area contributed by atoms with E-state index in [4.69, 9.17) is 16.3 Å². The predicted octanol–water partition coefficient (Wildman–Crippen LogP) is 4.22. The summed E-state index contributed by atoms with van der Waals surface area (Å²) in [5, 5.41) is 3.42. The van der Waals surface area contributed by atoms with E-state index in [0.717, 1.165) is 11.1 Å². The van der Waals surface area contributed by atoms with Crippen molar-refractivity contribution in [2.45, 2.75) is 13.8 Å². The minimum Gasteiger partial charge on any atom is -0.495 e. The summed E-state index contributed by atoms with van der Waals surface area (Å²) >= 11 is 6.04. The molecule has 1 N–H and O–H groups in total. The number of hydrogen-bond donors (Lipinski definition) is 1. The first-order valence-corrected chi connectivity index (χ1v) is 6.61. The summed E-state index contributed by atoms with van der Waals surface area (Å²) in [4.78, 5) is 12.2. The van der Waals surface area contributed by atoms with Gasteiger partial charge in [-0.2, -0.15) is 0 Å². The van der Waals surface area contributed by atoms with Crippen LogP contribution in [0.15, 0.2) is 36.4 Å². The van der Waals surface area contributed by atoms with Gasteiger partial charge >= 0.3 is 0 Å². The van der Waals surface area contributed by atoms with Crippen LogP contribution in [0, 0.1) is 13.8 Å². The van der Waals surface area contributed by atoms with Crippen LogP contribution in [-0.2, 0) is 0 Å². The van der Waals surface area contributed by atoms with Gasteiger partial charge in [-0.1, -0.05) is 23.7 Å². The molecule has 3 nitrogen and oxygen atoms in total. The lowest BCUT2D eigenvalue weighted by molar-refractivity contribution is 0.102. The number of aryl methyl sites for hydroxylation is 2. The van der Waals surface area contributed by atoms with Crippen molar-refractivity contribution in [2.75, 3.05) is 12.4 Å². The molecule has 0 fully saturated rings. The van der Waals surface area contributed by atoms with E-state index in [2.05, 4.69) is 5.32 Å². The zero-order valence-corrected chi connectivity index (χ0v) is 12.4. The molecule has 20 heavy (non-hydrogen) atoms. The molecule has 104 valence electrons. The average molecular weight is 290 g/mol. The van der Waals surface area contributed by atoms with E-state index >= 15 is 0 Å². The van der Waals surface area contributed by atoms with Crippen molar-refractivity contribution >= 4 is 23.2 Å². The van der Waals surface area contributed by atoms with Gasteiger partial charge in [-0.05, 0) is 49.2 Å². The molecule has 0 aliphatic carbocycles. The number of carbonyl (C=O) groups excluding carboxylic acids is 1. The fourth-order valence-corrected chi connectivity index (χ4v) is 2.03. The van der Waals surface area contributed by atoms with Gasteiger partial charge in [0.1, 0.15) is 5.75 Å². The molecule has 2 rings (SSSR count). The second kappa shape index (κ2) is 5.97. The molecule has 0 aliphatic heterocycles. The smallest absolute Gasteiger partial charge is 0.255 e. The molecule has 0 bridgehead atoms. The molecular formula is C16H16ClNO2. The van der Waals surface area contributed by atoms with Gasteiger partial charge in [0.2, 0.25) is 0 Å². The van der Waals surface area contributed by atoms with Crippen molar-refractivity contribution in [1.29, 1.82) is 0 Å². The SMILES string of the molecule is COc1ccc(C)cc1NC(=O)c1ccc(C)c(Cl)c1. The fourth-order valence-electron chi connectivity index (χ4n) is 1.85. The van der Waals surface area contributed by atoms with E-state index in [1.807, 2.05) is 38.1 Å². The monoisotopic (exact) mass is 289 g/mol. The number of methoxy groups -OCH3 is 1. The quantitative estimate of drug-likeness (QED) is 0.919. The van der Waals surface area contributed by atoms with Crippen LogP contribution in [0.25, 0.3) is 0 Å². The lowest BCUT2D eigenvalue weighted by Gasteiger charge is -2.11. The maximum absolute atomic E-state index is 12.2. The largest absolute Gasteiger partial charge is 0.495 e. The minimum absolute atomic E-state index is 0.212. The standard InChI is InChI=1S/C16H16ClNO2/c1-10-4-7-15(20-3)14(8-10)18-16(19)12-6-5-11(2)13(17)9-12/h4-9H,1-3H3,(H,18,19). The first kappa shape index (κ1) is 14.4. The number of rotatable bonds is 3. The topological polar surface area (TPSA) is 38.3 Å². The molecule has 2 aromatic rings. The van der Waals surface area contributed by atoms with E-state index < -0.39 is 0 Å². The van der Waals surface area contributed by atoms with Gasteiger partial charge in [-0.15, -0.1) is 0 Å². The molecule has 0 radical (unpaired) electrons. The van der Waals surface area contributed by atoms with E-state index in [1.165, 1.54) is 0 Å². The summed E-state index contributed by atoms with van der Waals surface area (Å²) in [7, 11) is 1.57. The molecule has 0 heterocycles. The van der Waals surface area contributed by atoms with Crippen molar-refractivity contribution in [3.8, 4) is 5.75 Å². The Labute approximate surface area is 123 Å².